The summed E-state index contributed by atoms with van der Waals surface area (Å²) >= 11 is 0. The van der Waals surface area contributed by atoms with E-state index in [1.165, 1.54) is 0 Å². The molecule has 0 spiro atoms. The molecule has 0 atom stereocenters. The predicted octanol–water partition coefficient (Wildman–Crippen LogP) is 11.1. The third-order valence-electron chi connectivity index (χ3n) is 9.59. The van der Waals surface area contributed by atoms with Crippen LogP contribution in [0.3, 0.4) is 0 Å². The molecular weight excluding hydrogens is 641 g/mol. The zero-order valence-electron chi connectivity index (χ0n) is 28.7. The van der Waals surface area contributed by atoms with Crippen LogP contribution in [-0.2, 0) is 26.4 Å². The van der Waals surface area contributed by atoms with E-state index in [1.54, 1.807) is 0 Å². The molecule has 0 radical (unpaired) electrons. The molecule has 0 saturated carbocycles. The molecule has 0 heterocycles. The van der Waals surface area contributed by atoms with Crippen LogP contribution in [0.1, 0.15) is 22.3 Å². The van der Waals surface area contributed by atoms with Gasteiger partial charge in [-0.3, -0.25) is 0 Å². The van der Waals surface area contributed by atoms with Gasteiger partial charge >= 0.3 is 0 Å². The largest absolute Gasteiger partial charge is 0.488 e. The molecule has 0 aliphatic rings. The lowest BCUT2D eigenvalue weighted by Crippen LogP contribution is -2.01. The molecule has 0 amide bonds. The first-order valence-corrected chi connectivity index (χ1v) is 17.5. The fourth-order valence-electron chi connectivity index (χ4n) is 6.91. The molecule has 52 heavy (non-hydrogen) atoms. The summed E-state index contributed by atoms with van der Waals surface area (Å²) in [4.78, 5) is 0. The van der Waals surface area contributed by atoms with Gasteiger partial charge in [0.2, 0.25) is 0 Å². The number of aliphatic hydroxyl groups is 2. The van der Waals surface area contributed by atoms with Crippen LogP contribution in [0.4, 0.5) is 0 Å². The Bertz CT molecular complexity index is 2500. The summed E-state index contributed by atoms with van der Waals surface area (Å²) in [5.41, 5.74) is 10.2. The van der Waals surface area contributed by atoms with Gasteiger partial charge in [0, 0.05) is 11.1 Å². The van der Waals surface area contributed by atoms with Crippen LogP contribution < -0.4 is 9.47 Å². The second-order valence-electron chi connectivity index (χ2n) is 13.0. The Labute approximate surface area is 303 Å². The molecule has 4 heteroatoms. The highest BCUT2D eigenvalue weighted by Gasteiger charge is 2.19. The summed E-state index contributed by atoms with van der Waals surface area (Å²) in [7, 11) is 0. The quantitative estimate of drug-likeness (QED) is 0.143. The van der Waals surface area contributed by atoms with Gasteiger partial charge in [0.15, 0.2) is 0 Å². The molecule has 4 nitrogen and oxygen atoms in total. The minimum atomic E-state index is 0.00854. The van der Waals surface area contributed by atoms with Crippen molar-refractivity contribution in [2.24, 2.45) is 0 Å². The Balaban J connectivity index is 1.15. The number of ether oxygens (including phenoxy) is 2. The van der Waals surface area contributed by atoms with Gasteiger partial charge < -0.3 is 19.7 Å². The van der Waals surface area contributed by atoms with E-state index in [4.69, 9.17) is 9.47 Å². The van der Waals surface area contributed by atoms with Crippen molar-refractivity contribution in [3.63, 3.8) is 0 Å². The Morgan fingerprint density at radius 2 is 0.788 bits per heavy atom. The molecule has 2 N–H and O–H groups in total. The van der Waals surface area contributed by atoms with Gasteiger partial charge in [-0.1, -0.05) is 140 Å². The fraction of sp³-hybridized carbons (Fsp3) is 0.0833. The van der Waals surface area contributed by atoms with Crippen LogP contribution in [0.15, 0.2) is 170 Å². The lowest BCUT2D eigenvalue weighted by atomic mass is 9.92. The van der Waals surface area contributed by atoms with Crippen LogP contribution in [0, 0.1) is 0 Å². The van der Waals surface area contributed by atoms with Crippen molar-refractivity contribution in [3.05, 3.63) is 192 Å². The number of hydrogen-bond acceptors (Lipinski definition) is 4. The van der Waals surface area contributed by atoms with Gasteiger partial charge in [0.25, 0.3) is 0 Å². The molecule has 8 aromatic carbocycles. The van der Waals surface area contributed by atoms with Crippen molar-refractivity contribution < 1.29 is 19.7 Å². The first-order chi connectivity index (χ1) is 25.7. The molecule has 0 aliphatic carbocycles. The fourth-order valence-corrected chi connectivity index (χ4v) is 6.91. The maximum Gasteiger partial charge on any atom is 0.128 e. The number of hydrogen-bond donors (Lipinski definition) is 2. The zero-order valence-corrected chi connectivity index (χ0v) is 28.7. The molecule has 0 aromatic heterocycles. The van der Waals surface area contributed by atoms with Crippen LogP contribution in [0.5, 0.6) is 11.5 Å². The average Bonchev–Trinajstić information content (AvgIpc) is 3.22. The Hall–Kier alpha value is -6.20. The van der Waals surface area contributed by atoms with E-state index in [-0.39, 0.29) is 13.2 Å². The van der Waals surface area contributed by atoms with E-state index in [0.717, 1.165) is 88.7 Å². The second-order valence-corrected chi connectivity index (χ2v) is 13.0. The molecule has 8 rings (SSSR count). The first kappa shape index (κ1) is 33.0. The monoisotopic (exact) mass is 678 g/mol. The first-order valence-electron chi connectivity index (χ1n) is 17.5. The third kappa shape index (κ3) is 6.90. The Kier molecular flexibility index (Phi) is 9.49. The number of fused-ring (bicyclic) bond motifs is 2. The molecule has 8 aromatic rings. The van der Waals surface area contributed by atoms with Crippen molar-refractivity contribution in [1.82, 2.24) is 0 Å². The third-order valence-corrected chi connectivity index (χ3v) is 9.59. The minimum Gasteiger partial charge on any atom is -0.488 e. The summed E-state index contributed by atoms with van der Waals surface area (Å²) in [5.74, 6) is 1.56. The van der Waals surface area contributed by atoms with Gasteiger partial charge in [-0.2, -0.15) is 0 Å². The Morgan fingerprint density at radius 3 is 1.31 bits per heavy atom. The summed E-state index contributed by atoms with van der Waals surface area (Å²) in [5, 5.41) is 23.7. The summed E-state index contributed by atoms with van der Waals surface area (Å²) in [6.45, 7) is 0.807. The zero-order chi connectivity index (χ0) is 35.3. The highest BCUT2D eigenvalue weighted by molar-refractivity contribution is 6.09. The maximum atomic E-state index is 9.68. The SMILES string of the molecule is OCc1cccc(-c2ccc(COc3ccc4ccccc4c3-c3c(OCc4cccc(-c5cccc(CO)c5)c4)ccc4ccccc34)cc2)c1. The van der Waals surface area contributed by atoms with Gasteiger partial charge in [0.05, 0.1) is 13.2 Å². The molecule has 0 unspecified atom stereocenters. The number of rotatable bonds is 11. The predicted molar refractivity (Wildman–Crippen MR) is 211 cm³/mol. The molecule has 0 saturated heterocycles. The summed E-state index contributed by atoms with van der Waals surface area (Å²) < 4.78 is 13.5. The standard InChI is InChI=1S/C48H38O4/c49-29-34-8-5-13-40(26-34)37-20-18-33(19-21-37)31-51-45-24-22-38-11-1-3-16-43(38)47(45)48-44-17-4-2-12-39(44)23-25-46(48)52-32-36-10-7-15-42(28-36)41-14-6-9-35(27-41)30-50/h1-28,49-50H,29-32H2. The van der Waals surface area contributed by atoms with Gasteiger partial charge in [-0.15, -0.1) is 0 Å². The lowest BCUT2D eigenvalue weighted by molar-refractivity contribution is 0.281. The van der Waals surface area contributed by atoms with E-state index in [1.807, 2.05) is 36.4 Å². The van der Waals surface area contributed by atoms with E-state index >= 15 is 0 Å². The van der Waals surface area contributed by atoms with Crippen molar-refractivity contribution >= 4 is 21.5 Å². The van der Waals surface area contributed by atoms with Crippen molar-refractivity contribution in [2.75, 3.05) is 0 Å². The number of aliphatic hydroxyl groups excluding tert-OH is 2. The highest BCUT2D eigenvalue weighted by Crippen LogP contribution is 2.46. The van der Waals surface area contributed by atoms with E-state index in [0.29, 0.717) is 13.2 Å². The Morgan fingerprint density at radius 1 is 0.346 bits per heavy atom. The number of benzene rings is 8. The van der Waals surface area contributed by atoms with Crippen molar-refractivity contribution in [1.29, 1.82) is 0 Å². The second kappa shape index (κ2) is 15.0. The molecule has 0 aliphatic heterocycles. The minimum absolute atomic E-state index is 0.00854. The van der Waals surface area contributed by atoms with E-state index in [2.05, 4.69) is 133 Å². The van der Waals surface area contributed by atoms with Gasteiger partial charge in [0.1, 0.15) is 24.7 Å². The highest BCUT2D eigenvalue weighted by atomic mass is 16.5. The van der Waals surface area contributed by atoms with Gasteiger partial charge in [-0.05, 0) is 96.4 Å². The smallest absolute Gasteiger partial charge is 0.128 e. The van der Waals surface area contributed by atoms with Crippen LogP contribution in [-0.4, -0.2) is 10.2 Å². The van der Waals surface area contributed by atoms with Crippen molar-refractivity contribution in [2.45, 2.75) is 26.4 Å². The molecule has 254 valence electrons. The maximum absolute atomic E-state index is 9.68. The van der Waals surface area contributed by atoms with E-state index in [9.17, 15) is 10.2 Å². The molecular formula is C48H38O4. The van der Waals surface area contributed by atoms with Crippen molar-refractivity contribution in [3.8, 4) is 44.9 Å². The van der Waals surface area contributed by atoms with Crippen LogP contribution in [0.2, 0.25) is 0 Å². The van der Waals surface area contributed by atoms with Gasteiger partial charge in [-0.25, -0.2) is 0 Å². The average molecular weight is 679 g/mol. The molecule has 0 fully saturated rings. The lowest BCUT2D eigenvalue weighted by Gasteiger charge is -2.20. The normalized spacial score (nSPS) is 11.2. The van der Waals surface area contributed by atoms with Crippen LogP contribution in [0.25, 0.3) is 54.9 Å². The molecule has 0 bridgehead atoms. The summed E-state index contributed by atoms with van der Waals surface area (Å²) in [6.07, 6.45) is 0. The van der Waals surface area contributed by atoms with Crippen LogP contribution >= 0.6 is 0 Å². The topological polar surface area (TPSA) is 58.9 Å². The summed E-state index contributed by atoms with van der Waals surface area (Å²) in [6, 6.07) is 58.0. The van der Waals surface area contributed by atoms with E-state index < -0.39 is 0 Å².